The molecule has 0 N–H and O–H groups in total. The van der Waals surface area contributed by atoms with Crippen molar-refractivity contribution in [3.05, 3.63) is 78.4 Å². The van der Waals surface area contributed by atoms with E-state index in [4.69, 9.17) is 0 Å². The van der Waals surface area contributed by atoms with Crippen molar-refractivity contribution in [3.8, 4) is 11.1 Å². The molecule has 4 heteroatoms. The molecule has 0 fully saturated rings. The van der Waals surface area contributed by atoms with E-state index in [-0.39, 0.29) is 5.82 Å². The predicted molar refractivity (Wildman–Crippen MR) is 99.4 cm³/mol. The Morgan fingerprint density at radius 2 is 1.88 bits per heavy atom. The lowest BCUT2D eigenvalue weighted by Gasteiger charge is -2.25. The molecule has 2 aromatic carbocycles. The van der Waals surface area contributed by atoms with Gasteiger partial charge in [0, 0.05) is 43.4 Å². The summed E-state index contributed by atoms with van der Waals surface area (Å²) >= 11 is 0. The van der Waals surface area contributed by atoms with Gasteiger partial charge in [-0.3, -0.25) is 4.98 Å². The number of aromatic nitrogens is 1. The fourth-order valence-electron chi connectivity index (χ4n) is 3.36. The molecule has 0 bridgehead atoms. The molecule has 0 aliphatic carbocycles. The van der Waals surface area contributed by atoms with E-state index in [2.05, 4.69) is 46.1 Å². The Morgan fingerprint density at radius 1 is 0.960 bits per heavy atom. The van der Waals surface area contributed by atoms with Gasteiger partial charge < -0.3 is 9.80 Å². The molecular weight excluding hydrogens is 313 g/mol. The predicted octanol–water partition coefficient (Wildman–Crippen LogP) is 4.47. The number of halogens is 1. The monoisotopic (exact) mass is 333 g/mol. The van der Waals surface area contributed by atoms with Crippen LogP contribution in [0.4, 0.5) is 15.8 Å². The summed E-state index contributed by atoms with van der Waals surface area (Å²) in [6, 6.07) is 17.3. The highest BCUT2D eigenvalue weighted by Crippen LogP contribution is 2.34. The minimum absolute atomic E-state index is 0.205. The fourth-order valence-corrected chi connectivity index (χ4v) is 3.36. The smallest absolute Gasteiger partial charge is 0.125 e. The van der Waals surface area contributed by atoms with Gasteiger partial charge in [0.2, 0.25) is 0 Å². The molecule has 0 spiro atoms. The maximum absolute atomic E-state index is 13.7. The lowest BCUT2D eigenvalue weighted by atomic mass is 10.0. The quantitative estimate of drug-likeness (QED) is 0.690. The van der Waals surface area contributed by atoms with Crippen LogP contribution in [0, 0.1) is 5.82 Å². The summed E-state index contributed by atoms with van der Waals surface area (Å²) in [6.07, 6.45) is 3.67. The Morgan fingerprint density at radius 3 is 2.68 bits per heavy atom. The number of nitrogens with zero attached hydrogens (tertiary/aromatic N) is 3. The van der Waals surface area contributed by atoms with E-state index >= 15 is 0 Å². The minimum atomic E-state index is -0.205. The molecule has 3 aromatic rings. The third-order valence-corrected chi connectivity index (χ3v) is 4.63. The van der Waals surface area contributed by atoms with Crippen LogP contribution in [-0.2, 0) is 6.54 Å². The normalized spacial score (nSPS) is 14.9. The lowest BCUT2D eigenvalue weighted by Crippen LogP contribution is -2.26. The van der Waals surface area contributed by atoms with E-state index < -0.39 is 0 Å². The lowest BCUT2D eigenvalue weighted by molar-refractivity contribution is 0.343. The van der Waals surface area contributed by atoms with Crippen molar-refractivity contribution in [2.75, 3.05) is 25.0 Å². The van der Waals surface area contributed by atoms with E-state index in [9.17, 15) is 4.39 Å². The Hall–Kier alpha value is -2.72. The van der Waals surface area contributed by atoms with Crippen LogP contribution in [0.1, 0.15) is 5.56 Å². The van der Waals surface area contributed by atoms with Crippen molar-refractivity contribution in [1.82, 2.24) is 9.88 Å². The van der Waals surface area contributed by atoms with Gasteiger partial charge in [0.1, 0.15) is 5.82 Å². The Labute approximate surface area is 147 Å². The van der Waals surface area contributed by atoms with E-state index in [0.29, 0.717) is 0 Å². The Balaban J connectivity index is 1.79. The Bertz CT molecular complexity index is 879. The summed E-state index contributed by atoms with van der Waals surface area (Å²) in [7, 11) is 2.12. The molecule has 0 radical (unpaired) electrons. The summed E-state index contributed by atoms with van der Waals surface area (Å²) in [5.74, 6) is -0.205. The highest BCUT2D eigenvalue weighted by molar-refractivity contribution is 5.73. The molecule has 4 rings (SSSR count). The average Bonchev–Trinajstić information content (AvgIpc) is 2.80. The first-order chi connectivity index (χ1) is 12.2. The molecule has 0 amide bonds. The molecule has 2 heterocycles. The van der Waals surface area contributed by atoms with Crippen LogP contribution in [0.25, 0.3) is 11.1 Å². The maximum Gasteiger partial charge on any atom is 0.125 e. The Kier molecular flexibility index (Phi) is 4.20. The summed E-state index contributed by atoms with van der Waals surface area (Å²) in [5.41, 5.74) is 5.54. The van der Waals surface area contributed by atoms with Crippen LogP contribution in [0.15, 0.2) is 67.0 Å². The van der Waals surface area contributed by atoms with Gasteiger partial charge in [-0.15, -0.1) is 0 Å². The maximum atomic E-state index is 13.7. The molecule has 126 valence electrons. The number of anilines is 2. The van der Waals surface area contributed by atoms with Crippen molar-refractivity contribution in [2.24, 2.45) is 0 Å². The highest BCUT2D eigenvalue weighted by atomic mass is 19.1. The first-order valence-electron chi connectivity index (χ1n) is 8.46. The van der Waals surface area contributed by atoms with E-state index in [0.717, 1.165) is 42.1 Å². The third kappa shape index (κ3) is 3.26. The molecule has 25 heavy (non-hydrogen) atoms. The second-order valence-corrected chi connectivity index (χ2v) is 6.45. The number of pyridine rings is 1. The number of likely N-dealkylation sites (N-methyl/N-ethyl adjacent to an activating group) is 1. The van der Waals surface area contributed by atoms with Gasteiger partial charge in [0.15, 0.2) is 0 Å². The third-order valence-electron chi connectivity index (χ3n) is 4.63. The number of fused-ring (bicyclic) bond motifs is 1. The summed E-state index contributed by atoms with van der Waals surface area (Å²) in [5, 5.41) is 0. The molecule has 1 aliphatic heterocycles. The van der Waals surface area contributed by atoms with Crippen molar-refractivity contribution < 1.29 is 4.39 Å². The topological polar surface area (TPSA) is 19.4 Å². The molecule has 3 nitrogen and oxygen atoms in total. The van der Waals surface area contributed by atoms with E-state index in [1.807, 2.05) is 18.3 Å². The number of rotatable bonds is 2. The zero-order valence-corrected chi connectivity index (χ0v) is 14.2. The minimum Gasteiger partial charge on any atom is -0.340 e. The zero-order chi connectivity index (χ0) is 17.2. The number of benzene rings is 2. The van der Waals surface area contributed by atoms with Gasteiger partial charge in [-0.1, -0.05) is 18.2 Å². The standard InChI is InChI=1S/C21H20FN3/c1-24-10-11-25(20-6-2-5-19(22)13-20)21-8-7-16(12-18(21)15-24)17-4-3-9-23-14-17/h2-9,12-14H,10-11,15H2,1H3. The van der Waals surface area contributed by atoms with Crippen LogP contribution in [0.3, 0.4) is 0 Å². The van der Waals surface area contributed by atoms with Gasteiger partial charge in [-0.05, 0) is 60.1 Å². The van der Waals surface area contributed by atoms with Gasteiger partial charge in [0.05, 0.1) is 0 Å². The molecular formula is C21H20FN3. The zero-order valence-electron chi connectivity index (χ0n) is 14.2. The van der Waals surface area contributed by atoms with Crippen LogP contribution < -0.4 is 4.90 Å². The van der Waals surface area contributed by atoms with Gasteiger partial charge >= 0.3 is 0 Å². The second kappa shape index (κ2) is 6.65. The van der Waals surface area contributed by atoms with Crippen molar-refractivity contribution in [2.45, 2.75) is 6.54 Å². The largest absolute Gasteiger partial charge is 0.340 e. The fraction of sp³-hybridized carbons (Fsp3) is 0.190. The molecule has 0 atom stereocenters. The summed E-state index contributed by atoms with van der Waals surface area (Å²) in [4.78, 5) is 8.72. The van der Waals surface area contributed by atoms with Crippen LogP contribution in [0.5, 0.6) is 0 Å². The van der Waals surface area contributed by atoms with E-state index in [1.165, 1.54) is 11.6 Å². The van der Waals surface area contributed by atoms with Crippen molar-refractivity contribution >= 4 is 11.4 Å². The van der Waals surface area contributed by atoms with E-state index in [1.54, 1.807) is 18.3 Å². The second-order valence-electron chi connectivity index (χ2n) is 6.45. The molecule has 0 saturated heterocycles. The average molecular weight is 333 g/mol. The first kappa shape index (κ1) is 15.8. The summed E-state index contributed by atoms with van der Waals surface area (Å²) in [6.45, 7) is 2.63. The molecule has 0 unspecified atom stereocenters. The molecule has 1 aliphatic rings. The van der Waals surface area contributed by atoms with Gasteiger partial charge in [-0.25, -0.2) is 4.39 Å². The van der Waals surface area contributed by atoms with Gasteiger partial charge in [0.25, 0.3) is 0 Å². The first-order valence-corrected chi connectivity index (χ1v) is 8.46. The molecule has 1 aromatic heterocycles. The van der Waals surface area contributed by atoms with Crippen LogP contribution in [0.2, 0.25) is 0 Å². The SMILES string of the molecule is CN1CCN(c2cccc(F)c2)c2ccc(-c3cccnc3)cc2C1. The van der Waals surface area contributed by atoms with Crippen molar-refractivity contribution in [1.29, 1.82) is 0 Å². The highest BCUT2D eigenvalue weighted by Gasteiger charge is 2.20. The number of hydrogen-bond donors (Lipinski definition) is 0. The van der Waals surface area contributed by atoms with Gasteiger partial charge in [-0.2, -0.15) is 0 Å². The van der Waals surface area contributed by atoms with Crippen LogP contribution in [-0.4, -0.2) is 30.0 Å². The van der Waals surface area contributed by atoms with Crippen molar-refractivity contribution in [3.63, 3.8) is 0 Å². The summed E-state index contributed by atoms with van der Waals surface area (Å²) < 4.78 is 13.7. The number of hydrogen-bond acceptors (Lipinski definition) is 3. The molecule has 0 saturated carbocycles. The van der Waals surface area contributed by atoms with Crippen LogP contribution >= 0.6 is 0 Å².